The van der Waals surface area contributed by atoms with Gasteiger partial charge < -0.3 is 5.32 Å². The first-order valence-electron chi connectivity index (χ1n) is 6.00. The third-order valence-electron chi connectivity index (χ3n) is 2.87. The van der Waals surface area contributed by atoms with Crippen molar-refractivity contribution in [3.8, 4) is 0 Å². The number of hydrogen-bond acceptors (Lipinski definition) is 3. The molecule has 1 aromatic heterocycles. The maximum atomic E-state index is 4.19. The van der Waals surface area contributed by atoms with Crippen LogP contribution < -0.4 is 5.32 Å². The number of hydrogen-bond donors (Lipinski definition) is 1. The molecule has 0 atom stereocenters. The Morgan fingerprint density at radius 1 is 0.947 bits per heavy atom. The Kier molecular flexibility index (Phi) is 3.42. The van der Waals surface area contributed by atoms with Crippen LogP contribution >= 0.6 is 15.9 Å². The van der Waals surface area contributed by atoms with E-state index in [0.717, 1.165) is 16.0 Å². The van der Waals surface area contributed by atoms with Crippen molar-refractivity contribution in [1.29, 1.82) is 0 Å². The molecule has 4 heteroatoms. The third kappa shape index (κ3) is 2.90. The summed E-state index contributed by atoms with van der Waals surface area (Å²) in [6, 6.07) is 14.4. The van der Waals surface area contributed by atoms with Gasteiger partial charge in [0.2, 0.25) is 0 Å². The lowest BCUT2D eigenvalue weighted by Gasteiger charge is -2.07. The molecule has 0 saturated heterocycles. The average Bonchev–Trinajstić information content (AvgIpc) is 2.46. The summed E-state index contributed by atoms with van der Waals surface area (Å²) in [5, 5.41) is 5.76. The number of fused-ring (bicyclic) bond motifs is 1. The van der Waals surface area contributed by atoms with Gasteiger partial charge in [0.15, 0.2) is 0 Å². The molecule has 94 valence electrons. The topological polar surface area (TPSA) is 37.8 Å². The lowest BCUT2D eigenvalue weighted by Crippen LogP contribution is -2.03. The van der Waals surface area contributed by atoms with Gasteiger partial charge in [-0.3, -0.25) is 0 Å². The Balaban J connectivity index is 1.80. The van der Waals surface area contributed by atoms with Crippen LogP contribution in [0.2, 0.25) is 0 Å². The van der Waals surface area contributed by atoms with Gasteiger partial charge in [-0.1, -0.05) is 28.1 Å². The monoisotopic (exact) mass is 313 g/mol. The van der Waals surface area contributed by atoms with E-state index in [1.807, 2.05) is 12.1 Å². The molecule has 0 fully saturated rings. The normalized spacial score (nSPS) is 10.6. The molecule has 0 aliphatic rings. The van der Waals surface area contributed by atoms with Gasteiger partial charge in [-0.25, -0.2) is 9.97 Å². The second-order valence-electron chi connectivity index (χ2n) is 4.22. The highest BCUT2D eigenvalue weighted by atomic mass is 79.9. The number of nitrogens with one attached hydrogen (secondary N) is 1. The zero-order valence-electron chi connectivity index (χ0n) is 10.2. The van der Waals surface area contributed by atoms with Crippen LogP contribution in [0.3, 0.4) is 0 Å². The molecule has 0 bridgehead atoms. The highest BCUT2D eigenvalue weighted by Gasteiger charge is 1.99. The average molecular weight is 314 g/mol. The van der Waals surface area contributed by atoms with Gasteiger partial charge >= 0.3 is 0 Å². The van der Waals surface area contributed by atoms with Gasteiger partial charge in [0.05, 0.1) is 6.54 Å². The lowest BCUT2D eigenvalue weighted by molar-refractivity contribution is 0.949. The number of rotatable bonds is 3. The highest BCUT2D eigenvalue weighted by Crippen LogP contribution is 2.23. The van der Waals surface area contributed by atoms with Crippen molar-refractivity contribution < 1.29 is 0 Å². The summed E-state index contributed by atoms with van der Waals surface area (Å²) in [6.45, 7) is 0.628. The second-order valence-corrected chi connectivity index (χ2v) is 5.14. The number of halogens is 1. The zero-order chi connectivity index (χ0) is 13.1. The molecule has 3 aromatic rings. The van der Waals surface area contributed by atoms with Gasteiger partial charge in [-0.05, 0) is 41.1 Å². The summed E-state index contributed by atoms with van der Waals surface area (Å²) in [6.07, 6.45) is 3.50. The first-order chi connectivity index (χ1) is 9.31. The van der Waals surface area contributed by atoms with E-state index in [0.29, 0.717) is 6.54 Å². The first-order valence-corrected chi connectivity index (χ1v) is 6.80. The Labute approximate surface area is 119 Å². The van der Waals surface area contributed by atoms with E-state index in [4.69, 9.17) is 0 Å². The van der Waals surface area contributed by atoms with E-state index in [1.54, 1.807) is 12.4 Å². The van der Waals surface area contributed by atoms with Gasteiger partial charge in [-0.2, -0.15) is 0 Å². The van der Waals surface area contributed by atoms with Gasteiger partial charge in [0.25, 0.3) is 0 Å². The van der Waals surface area contributed by atoms with Gasteiger partial charge in [-0.15, -0.1) is 0 Å². The van der Waals surface area contributed by atoms with Crippen LogP contribution in [0.25, 0.3) is 10.8 Å². The molecule has 0 unspecified atom stereocenters. The summed E-state index contributed by atoms with van der Waals surface area (Å²) < 4.78 is 1.10. The van der Waals surface area contributed by atoms with Crippen LogP contribution in [0, 0.1) is 0 Å². The first kappa shape index (κ1) is 12.1. The van der Waals surface area contributed by atoms with Gasteiger partial charge in [0, 0.05) is 22.6 Å². The zero-order valence-corrected chi connectivity index (χ0v) is 11.8. The molecule has 3 rings (SSSR count). The van der Waals surface area contributed by atoms with Crippen molar-refractivity contribution in [3.63, 3.8) is 0 Å². The number of anilines is 1. The molecule has 0 amide bonds. The highest BCUT2D eigenvalue weighted by molar-refractivity contribution is 9.10. The van der Waals surface area contributed by atoms with Crippen molar-refractivity contribution >= 4 is 32.4 Å². The summed E-state index contributed by atoms with van der Waals surface area (Å²) >= 11 is 3.48. The summed E-state index contributed by atoms with van der Waals surface area (Å²) in [5.74, 6) is 0.790. The fraction of sp³-hybridized carbons (Fsp3) is 0.0667. The molecule has 19 heavy (non-hydrogen) atoms. The van der Waals surface area contributed by atoms with Crippen molar-refractivity contribution in [3.05, 3.63) is 65.2 Å². The number of benzene rings is 2. The van der Waals surface area contributed by atoms with E-state index < -0.39 is 0 Å². The van der Waals surface area contributed by atoms with Crippen LogP contribution in [0.5, 0.6) is 0 Å². The standard InChI is InChI=1S/C15H12BrN3/c16-13-4-2-12-9-14(5-3-11(12)8-13)19-10-15-17-6-1-7-18-15/h1-9,19H,10H2. The lowest BCUT2D eigenvalue weighted by atomic mass is 10.1. The van der Waals surface area contributed by atoms with Crippen molar-refractivity contribution in [2.75, 3.05) is 5.32 Å². The smallest absolute Gasteiger partial charge is 0.147 e. The summed E-state index contributed by atoms with van der Waals surface area (Å²) in [7, 11) is 0. The number of aromatic nitrogens is 2. The largest absolute Gasteiger partial charge is 0.378 e. The quantitative estimate of drug-likeness (QED) is 0.794. The molecular formula is C15H12BrN3. The maximum Gasteiger partial charge on any atom is 0.147 e. The minimum atomic E-state index is 0.628. The SMILES string of the molecule is Brc1ccc2cc(NCc3ncccn3)ccc2c1. The third-order valence-corrected chi connectivity index (χ3v) is 3.37. The second kappa shape index (κ2) is 5.36. The predicted octanol–water partition coefficient (Wildman–Crippen LogP) is 4.00. The van der Waals surface area contributed by atoms with Crippen LogP contribution in [0.4, 0.5) is 5.69 Å². The van der Waals surface area contributed by atoms with Crippen LogP contribution in [-0.2, 0) is 6.54 Å². The summed E-state index contributed by atoms with van der Waals surface area (Å²) in [5.41, 5.74) is 1.07. The molecule has 1 N–H and O–H groups in total. The Morgan fingerprint density at radius 2 is 1.68 bits per heavy atom. The minimum Gasteiger partial charge on any atom is -0.378 e. The van der Waals surface area contributed by atoms with E-state index >= 15 is 0 Å². The molecule has 0 saturated carbocycles. The van der Waals surface area contributed by atoms with Crippen molar-refractivity contribution in [2.45, 2.75) is 6.54 Å². The fourth-order valence-corrected chi connectivity index (χ4v) is 2.31. The van der Waals surface area contributed by atoms with Crippen molar-refractivity contribution in [2.24, 2.45) is 0 Å². The molecule has 3 nitrogen and oxygen atoms in total. The maximum absolute atomic E-state index is 4.19. The van der Waals surface area contributed by atoms with E-state index in [9.17, 15) is 0 Å². The summed E-state index contributed by atoms with van der Waals surface area (Å²) in [4.78, 5) is 8.38. The molecule has 0 radical (unpaired) electrons. The van der Waals surface area contributed by atoms with Gasteiger partial charge in [0.1, 0.15) is 5.82 Å². The predicted molar refractivity (Wildman–Crippen MR) is 81.0 cm³/mol. The van der Waals surface area contributed by atoms with Crippen LogP contribution in [0.15, 0.2) is 59.3 Å². The Hall–Kier alpha value is -1.94. The van der Waals surface area contributed by atoms with E-state index in [-0.39, 0.29) is 0 Å². The molecular weight excluding hydrogens is 302 g/mol. The Bertz CT molecular complexity index is 698. The molecule has 0 aliphatic carbocycles. The fourth-order valence-electron chi connectivity index (χ4n) is 1.93. The minimum absolute atomic E-state index is 0.628. The van der Waals surface area contributed by atoms with Crippen LogP contribution in [0.1, 0.15) is 5.82 Å². The molecule has 1 heterocycles. The van der Waals surface area contributed by atoms with E-state index in [2.05, 4.69) is 61.5 Å². The molecule has 0 spiro atoms. The molecule has 0 aliphatic heterocycles. The van der Waals surface area contributed by atoms with Crippen molar-refractivity contribution in [1.82, 2.24) is 9.97 Å². The van der Waals surface area contributed by atoms with E-state index in [1.165, 1.54) is 10.8 Å². The van der Waals surface area contributed by atoms with Crippen LogP contribution in [-0.4, -0.2) is 9.97 Å². The molecule has 2 aromatic carbocycles. The number of nitrogens with zero attached hydrogens (tertiary/aromatic N) is 2. The Morgan fingerprint density at radius 3 is 2.53 bits per heavy atom.